The Morgan fingerprint density at radius 1 is 0.848 bits per heavy atom. The van der Waals surface area contributed by atoms with Crippen molar-refractivity contribution in [1.82, 2.24) is 9.78 Å². The lowest BCUT2D eigenvalue weighted by Crippen LogP contribution is -2.21. The number of nitrogens with zero attached hydrogens (tertiary/aromatic N) is 3. The van der Waals surface area contributed by atoms with E-state index in [4.69, 9.17) is 14.8 Å². The van der Waals surface area contributed by atoms with E-state index in [2.05, 4.69) is 5.32 Å². The molecule has 0 fully saturated rings. The number of hydrogen-bond donors (Lipinski definition) is 1. The van der Waals surface area contributed by atoms with Gasteiger partial charge >= 0.3 is 0 Å². The maximum Gasteiger partial charge on any atom is 0.270 e. The first-order chi connectivity index (χ1) is 16.0. The molecule has 0 radical (unpaired) electrons. The molecule has 33 heavy (non-hydrogen) atoms. The zero-order valence-corrected chi connectivity index (χ0v) is 18.7. The molecule has 0 saturated carbocycles. The molecular weight excluding hydrogens is 412 g/mol. The van der Waals surface area contributed by atoms with Crippen molar-refractivity contribution in [3.05, 3.63) is 101 Å². The second-order valence-electron chi connectivity index (χ2n) is 8.10. The molecule has 2 heterocycles. The highest BCUT2D eigenvalue weighted by Crippen LogP contribution is 2.38. The summed E-state index contributed by atoms with van der Waals surface area (Å²) < 4.78 is 7.74. The van der Waals surface area contributed by atoms with Crippen molar-refractivity contribution in [3.63, 3.8) is 0 Å². The van der Waals surface area contributed by atoms with E-state index in [0.717, 1.165) is 39.6 Å². The smallest absolute Gasteiger partial charge is 0.270 e. The Morgan fingerprint density at radius 2 is 1.52 bits per heavy atom. The van der Waals surface area contributed by atoms with Crippen LogP contribution in [0.2, 0.25) is 0 Å². The van der Waals surface area contributed by atoms with Crippen molar-refractivity contribution in [2.45, 2.75) is 26.8 Å². The third-order valence-electron chi connectivity index (χ3n) is 5.78. The summed E-state index contributed by atoms with van der Waals surface area (Å²) in [6.07, 6.45) is 0. The molecule has 1 atom stereocenters. The summed E-state index contributed by atoms with van der Waals surface area (Å²) in [5, 5.41) is 7.82. The van der Waals surface area contributed by atoms with Gasteiger partial charge in [-0.3, -0.25) is 9.79 Å². The third-order valence-corrected chi connectivity index (χ3v) is 5.78. The Labute approximate surface area is 192 Å². The van der Waals surface area contributed by atoms with E-state index in [1.54, 1.807) is 6.92 Å². The van der Waals surface area contributed by atoms with Crippen LogP contribution in [-0.2, 0) is 4.79 Å². The van der Waals surface area contributed by atoms with Crippen LogP contribution in [0.4, 0.5) is 5.82 Å². The number of anilines is 1. The van der Waals surface area contributed by atoms with Crippen LogP contribution in [-0.4, -0.2) is 21.4 Å². The van der Waals surface area contributed by atoms with Gasteiger partial charge in [0.2, 0.25) is 0 Å². The quantitative estimate of drug-likeness (QED) is 0.441. The van der Waals surface area contributed by atoms with Crippen LogP contribution in [0.1, 0.15) is 35.3 Å². The maximum atomic E-state index is 12.8. The number of rotatable bonds is 4. The van der Waals surface area contributed by atoms with Gasteiger partial charge in [-0.15, -0.1) is 0 Å². The fraction of sp³-hybridized carbons (Fsp3) is 0.148. The standard InChI is InChI=1S/C27H24N4O2/c1-17-9-7-8-12-23(17)31-26-24(18(2)30-31)25(28-19(3)27(32)29-26)20-13-15-22(16-14-20)33-21-10-5-4-6-11-21/h4-16,25H,1-3H3,(H,29,32). The van der Waals surface area contributed by atoms with Gasteiger partial charge in [0.1, 0.15) is 23.4 Å². The minimum absolute atomic E-state index is 0.225. The summed E-state index contributed by atoms with van der Waals surface area (Å²) >= 11 is 0. The van der Waals surface area contributed by atoms with Gasteiger partial charge in [0.25, 0.3) is 5.91 Å². The minimum Gasteiger partial charge on any atom is -0.457 e. The molecule has 5 rings (SSSR count). The Bertz CT molecular complexity index is 1350. The zero-order valence-electron chi connectivity index (χ0n) is 18.7. The van der Waals surface area contributed by atoms with E-state index in [0.29, 0.717) is 11.5 Å². The van der Waals surface area contributed by atoms with E-state index in [9.17, 15) is 4.79 Å². The topological polar surface area (TPSA) is 68.5 Å². The van der Waals surface area contributed by atoms with Crippen molar-refractivity contribution in [3.8, 4) is 17.2 Å². The Balaban J connectivity index is 1.57. The number of nitrogens with one attached hydrogen (secondary N) is 1. The molecule has 1 amide bonds. The van der Waals surface area contributed by atoms with Gasteiger partial charge in [-0.05, 0) is 62.2 Å². The molecule has 0 bridgehead atoms. The summed E-state index contributed by atoms with van der Waals surface area (Å²) in [4.78, 5) is 17.6. The molecule has 4 aromatic rings. The predicted octanol–water partition coefficient (Wildman–Crippen LogP) is 5.78. The number of para-hydroxylation sites is 2. The van der Waals surface area contributed by atoms with Crippen molar-refractivity contribution in [2.75, 3.05) is 5.32 Å². The number of ether oxygens (including phenoxy) is 1. The molecule has 1 N–H and O–H groups in total. The van der Waals surface area contributed by atoms with E-state index < -0.39 is 0 Å². The highest BCUT2D eigenvalue weighted by atomic mass is 16.5. The summed E-state index contributed by atoms with van der Waals surface area (Å²) in [7, 11) is 0. The molecule has 1 aliphatic heterocycles. The molecule has 3 aromatic carbocycles. The molecule has 1 aliphatic rings. The molecule has 6 nitrogen and oxygen atoms in total. The van der Waals surface area contributed by atoms with Crippen LogP contribution < -0.4 is 10.1 Å². The molecule has 6 heteroatoms. The second kappa shape index (κ2) is 8.39. The van der Waals surface area contributed by atoms with Crippen LogP contribution in [0.25, 0.3) is 5.69 Å². The Morgan fingerprint density at radius 3 is 2.24 bits per heavy atom. The van der Waals surface area contributed by atoms with Crippen molar-refractivity contribution < 1.29 is 9.53 Å². The fourth-order valence-corrected chi connectivity index (χ4v) is 4.06. The highest BCUT2D eigenvalue weighted by Gasteiger charge is 2.30. The van der Waals surface area contributed by atoms with E-state index in [1.165, 1.54) is 0 Å². The SMILES string of the molecule is CC1=NC(c2ccc(Oc3ccccc3)cc2)c2c(C)nn(-c3ccccc3C)c2NC1=O. The lowest BCUT2D eigenvalue weighted by molar-refractivity contribution is -0.110. The van der Waals surface area contributed by atoms with E-state index >= 15 is 0 Å². The summed E-state index contributed by atoms with van der Waals surface area (Å²) in [5.41, 5.74) is 5.09. The summed E-state index contributed by atoms with van der Waals surface area (Å²) in [5.74, 6) is 1.95. The lowest BCUT2D eigenvalue weighted by atomic mass is 9.99. The summed E-state index contributed by atoms with van der Waals surface area (Å²) in [6.45, 7) is 5.72. The number of carbonyl (C=O) groups excluding carboxylic acids is 1. The van der Waals surface area contributed by atoms with Gasteiger partial charge in [0, 0.05) is 5.56 Å². The lowest BCUT2D eigenvalue weighted by Gasteiger charge is -2.15. The summed E-state index contributed by atoms with van der Waals surface area (Å²) in [6, 6.07) is 25.1. The van der Waals surface area contributed by atoms with Crippen LogP contribution in [0.5, 0.6) is 11.5 Å². The normalized spacial score (nSPS) is 15.3. The van der Waals surface area contributed by atoms with Crippen molar-refractivity contribution >= 4 is 17.4 Å². The largest absolute Gasteiger partial charge is 0.457 e. The van der Waals surface area contributed by atoms with Gasteiger partial charge < -0.3 is 10.1 Å². The molecule has 0 spiro atoms. The second-order valence-corrected chi connectivity index (χ2v) is 8.10. The third kappa shape index (κ3) is 3.91. The highest BCUT2D eigenvalue weighted by molar-refractivity contribution is 6.42. The fourth-order valence-electron chi connectivity index (χ4n) is 4.06. The monoisotopic (exact) mass is 436 g/mol. The zero-order chi connectivity index (χ0) is 22.9. The number of carbonyl (C=O) groups is 1. The first-order valence-electron chi connectivity index (χ1n) is 10.9. The minimum atomic E-state index is -0.359. The number of aromatic nitrogens is 2. The maximum absolute atomic E-state index is 12.8. The average molecular weight is 437 g/mol. The van der Waals surface area contributed by atoms with Crippen molar-refractivity contribution in [1.29, 1.82) is 0 Å². The van der Waals surface area contributed by atoms with Crippen LogP contribution in [0, 0.1) is 13.8 Å². The number of aliphatic imine (C=N–C) groups is 1. The molecule has 164 valence electrons. The Hall–Kier alpha value is -4.19. The average Bonchev–Trinajstić information content (AvgIpc) is 3.06. The Kier molecular flexibility index (Phi) is 5.26. The van der Waals surface area contributed by atoms with Crippen molar-refractivity contribution in [2.24, 2.45) is 4.99 Å². The molecule has 0 aliphatic carbocycles. The number of amides is 1. The number of hydrogen-bond acceptors (Lipinski definition) is 4. The van der Waals surface area contributed by atoms with Gasteiger partial charge in [-0.25, -0.2) is 4.68 Å². The van der Waals surface area contributed by atoms with Gasteiger partial charge in [-0.2, -0.15) is 5.10 Å². The van der Waals surface area contributed by atoms with E-state index in [1.807, 2.05) is 97.4 Å². The molecule has 1 aromatic heterocycles. The van der Waals surface area contributed by atoms with Crippen LogP contribution in [0.15, 0.2) is 83.9 Å². The number of aryl methyl sites for hydroxylation is 2. The van der Waals surface area contributed by atoms with E-state index in [-0.39, 0.29) is 11.9 Å². The number of benzene rings is 3. The van der Waals surface area contributed by atoms with Crippen LogP contribution >= 0.6 is 0 Å². The van der Waals surface area contributed by atoms with Crippen LogP contribution in [0.3, 0.4) is 0 Å². The first kappa shape index (κ1) is 20.7. The van der Waals surface area contributed by atoms with Gasteiger partial charge in [0.15, 0.2) is 0 Å². The predicted molar refractivity (Wildman–Crippen MR) is 130 cm³/mol. The molecular formula is C27H24N4O2. The first-order valence-corrected chi connectivity index (χ1v) is 10.9. The molecule has 0 saturated heterocycles. The number of fused-ring (bicyclic) bond motifs is 1. The molecule has 1 unspecified atom stereocenters. The van der Waals surface area contributed by atoms with Gasteiger partial charge in [0.05, 0.1) is 17.1 Å². The van der Waals surface area contributed by atoms with Gasteiger partial charge in [-0.1, -0.05) is 48.5 Å².